The number of hydrazine groups is 1. The summed E-state index contributed by atoms with van der Waals surface area (Å²) in [7, 11) is 0. The van der Waals surface area contributed by atoms with Gasteiger partial charge in [0, 0.05) is 18.0 Å². The molecule has 1 aliphatic heterocycles. The Morgan fingerprint density at radius 2 is 1.95 bits per heavy atom. The van der Waals surface area contributed by atoms with Crippen molar-refractivity contribution in [2.24, 2.45) is 5.92 Å². The van der Waals surface area contributed by atoms with Crippen LogP contribution in [0.25, 0.3) is 0 Å². The van der Waals surface area contributed by atoms with E-state index in [4.69, 9.17) is 0 Å². The molecule has 0 saturated carbocycles. The van der Waals surface area contributed by atoms with Gasteiger partial charge in [0.2, 0.25) is 5.91 Å². The fraction of sp³-hybridized carbons (Fsp3) is 0.188. The molecule has 1 aromatic heterocycles. The van der Waals surface area contributed by atoms with Crippen molar-refractivity contribution in [2.45, 2.75) is 13.0 Å². The van der Waals surface area contributed by atoms with Gasteiger partial charge in [0.15, 0.2) is 5.78 Å². The van der Waals surface area contributed by atoms with Crippen LogP contribution >= 0.6 is 0 Å². The number of aromatic nitrogens is 1. The van der Waals surface area contributed by atoms with Gasteiger partial charge in [-0.2, -0.15) is 0 Å². The second kappa shape index (κ2) is 5.46. The number of Topliss-reactive ketones (excluding diaryl/α,β-unsaturated/α-hetero) is 1. The molecule has 5 heteroatoms. The largest absolute Gasteiger partial charge is 0.292 e. The van der Waals surface area contributed by atoms with E-state index < -0.39 is 12.0 Å². The minimum atomic E-state index is -0.568. The van der Waals surface area contributed by atoms with E-state index in [0.29, 0.717) is 5.56 Å². The number of amides is 1. The number of benzene rings is 1. The SMILES string of the molecule is CC1C(=O)N(c2ccccc2)NC1C(=O)c1cccnc1. The molecule has 1 N–H and O–H groups in total. The molecule has 2 atom stereocenters. The third-order valence-electron chi connectivity index (χ3n) is 3.62. The van der Waals surface area contributed by atoms with Gasteiger partial charge >= 0.3 is 0 Å². The van der Waals surface area contributed by atoms with Crippen molar-refractivity contribution in [1.29, 1.82) is 0 Å². The molecule has 106 valence electrons. The highest BCUT2D eigenvalue weighted by Crippen LogP contribution is 2.24. The van der Waals surface area contributed by atoms with Crippen molar-refractivity contribution in [3.63, 3.8) is 0 Å². The Balaban J connectivity index is 1.86. The zero-order chi connectivity index (χ0) is 14.8. The number of hydrogen-bond donors (Lipinski definition) is 1. The Bertz CT molecular complexity index is 658. The quantitative estimate of drug-likeness (QED) is 0.872. The zero-order valence-electron chi connectivity index (χ0n) is 11.6. The number of anilines is 1. The lowest BCUT2D eigenvalue weighted by Gasteiger charge is -2.17. The summed E-state index contributed by atoms with van der Waals surface area (Å²) in [4.78, 5) is 28.8. The van der Waals surface area contributed by atoms with Gasteiger partial charge in [0.1, 0.15) is 6.04 Å². The lowest BCUT2D eigenvalue weighted by Crippen LogP contribution is -2.41. The average Bonchev–Trinajstić information content (AvgIpc) is 2.84. The molecule has 0 radical (unpaired) electrons. The smallest absolute Gasteiger partial charge is 0.246 e. The van der Waals surface area contributed by atoms with Crippen LogP contribution in [0, 0.1) is 5.92 Å². The molecule has 1 fully saturated rings. The zero-order valence-corrected chi connectivity index (χ0v) is 11.6. The first-order chi connectivity index (χ1) is 10.2. The predicted molar refractivity (Wildman–Crippen MR) is 78.6 cm³/mol. The highest BCUT2D eigenvalue weighted by Gasteiger charge is 2.42. The average molecular weight is 281 g/mol. The van der Waals surface area contributed by atoms with Crippen LogP contribution in [0.3, 0.4) is 0 Å². The van der Waals surface area contributed by atoms with Gasteiger partial charge in [-0.05, 0) is 24.3 Å². The molecule has 1 saturated heterocycles. The lowest BCUT2D eigenvalue weighted by molar-refractivity contribution is -0.120. The first-order valence-corrected chi connectivity index (χ1v) is 6.78. The maximum absolute atomic E-state index is 12.5. The van der Waals surface area contributed by atoms with Gasteiger partial charge in [-0.3, -0.25) is 14.6 Å². The normalized spacial score (nSPS) is 21.6. The second-order valence-electron chi connectivity index (χ2n) is 5.01. The molecule has 1 aliphatic rings. The van der Waals surface area contributed by atoms with Gasteiger partial charge in [-0.15, -0.1) is 0 Å². The number of nitrogens with zero attached hydrogens (tertiary/aromatic N) is 2. The monoisotopic (exact) mass is 281 g/mol. The Hall–Kier alpha value is -2.53. The van der Waals surface area contributed by atoms with E-state index in [0.717, 1.165) is 5.69 Å². The number of carbonyl (C=O) groups is 2. The predicted octanol–water partition coefficient (Wildman–Crippen LogP) is 1.82. The van der Waals surface area contributed by atoms with Gasteiger partial charge in [-0.25, -0.2) is 10.4 Å². The third kappa shape index (κ3) is 2.43. The number of carbonyl (C=O) groups excluding carboxylic acids is 2. The Morgan fingerprint density at radius 3 is 2.62 bits per heavy atom. The number of nitrogens with one attached hydrogen (secondary N) is 1. The molecule has 0 spiro atoms. The van der Waals surface area contributed by atoms with Crippen LogP contribution in [0.15, 0.2) is 54.9 Å². The van der Waals surface area contributed by atoms with Crippen LogP contribution in [0.2, 0.25) is 0 Å². The van der Waals surface area contributed by atoms with E-state index in [9.17, 15) is 9.59 Å². The molecular weight excluding hydrogens is 266 g/mol. The van der Waals surface area contributed by atoms with Crippen LogP contribution in [0.5, 0.6) is 0 Å². The topological polar surface area (TPSA) is 62.3 Å². The summed E-state index contributed by atoms with van der Waals surface area (Å²) in [6.45, 7) is 1.76. The van der Waals surface area contributed by atoms with Crippen molar-refractivity contribution in [3.8, 4) is 0 Å². The van der Waals surface area contributed by atoms with Gasteiger partial charge in [0.25, 0.3) is 0 Å². The maximum atomic E-state index is 12.5. The first-order valence-electron chi connectivity index (χ1n) is 6.78. The van der Waals surface area contributed by atoms with Gasteiger partial charge < -0.3 is 0 Å². The molecule has 0 aliphatic carbocycles. The molecule has 0 bridgehead atoms. The second-order valence-corrected chi connectivity index (χ2v) is 5.01. The fourth-order valence-corrected chi connectivity index (χ4v) is 2.41. The van der Waals surface area contributed by atoms with Crippen LogP contribution in [0.1, 0.15) is 17.3 Å². The number of para-hydroxylation sites is 1. The van der Waals surface area contributed by atoms with Gasteiger partial charge in [0.05, 0.1) is 11.6 Å². The summed E-state index contributed by atoms with van der Waals surface area (Å²) in [5.41, 5.74) is 4.25. The summed E-state index contributed by atoms with van der Waals surface area (Å²) < 4.78 is 0. The molecule has 2 heterocycles. The number of pyridine rings is 1. The third-order valence-corrected chi connectivity index (χ3v) is 3.62. The first kappa shape index (κ1) is 13.5. The highest BCUT2D eigenvalue weighted by molar-refractivity contribution is 6.08. The Morgan fingerprint density at radius 1 is 1.19 bits per heavy atom. The van der Waals surface area contributed by atoms with Crippen LogP contribution in [-0.4, -0.2) is 22.7 Å². The van der Waals surface area contributed by atoms with E-state index in [2.05, 4.69) is 10.4 Å². The van der Waals surface area contributed by atoms with Crippen molar-refractivity contribution < 1.29 is 9.59 Å². The molecule has 2 aromatic rings. The highest BCUT2D eigenvalue weighted by atomic mass is 16.2. The van der Waals surface area contributed by atoms with Crippen molar-refractivity contribution in [3.05, 3.63) is 60.4 Å². The minimum Gasteiger partial charge on any atom is -0.292 e. The van der Waals surface area contributed by atoms with Crippen molar-refractivity contribution in [1.82, 2.24) is 10.4 Å². The number of hydrogen-bond acceptors (Lipinski definition) is 4. The summed E-state index contributed by atoms with van der Waals surface area (Å²) in [5.74, 6) is -0.649. The summed E-state index contributed by atoms with van der Waals surface area (Å²) in [5, 5.41) is 1.45. The fourth-order valence-electron chi connectivity index (χ4n) is 2.41. The van der Waals surface area contributed by atoms with Crippen molar-refractivity contribution >= 4 is 17.4 Å². The maximum Gasteiger partial charge on any atom is 0.246 e. The van der Waals surface area contributed by atoms with E-state index in [1.807, 2.05) is 30.3 Å². The van der Waals surface area contributed by atoms with Crippen molar-refractivity contribution in [2.75, 3.05) is 5.01 Å². The minimum absolute atomic E-state index is 0.108. The Kier molecular flexibility index (Phi) is 3.50. The molecule has 2 unspecified atom stereocenters. The summed E-state index contributed by atoms with van der Waals surface area (Å²) in [6.07, 6.45) is 3.14. The molecule has 3 rings (SSSR count). The van der Waals surface area contributed by atoms with E-state index in [-0.39, 0.29) is 11.7 Å². The molecule has 1 amide bonds. The summed E-state index contributed by atoms with van der Waals surface area (Å²) >= 11 is 0. The van der Waals surface area contributed by atoms with E-state index in [1.54, 1.807) is 25.3 Å². The molecule has 1 aromatic carbocycles. The Labute approximate surface area is 122 Å². The number of rotatable bonds is 3. The van der Waals surface area contributed by atoms with E-state index >= 15 is 0 Å². The number of ketones is 1. The van der Waals surface area contributed by atoms with Gasteiger partial charge in [-0.1, -0.05) is 25.1 Å². The van der Waals surface area contributed by atoms with Crippen LogP contribution in [0.4, 0.5) is 5.69 Å². The van der Waals surface area contributed by atoms with E-state index in [1.165, 1.54) is 11.2 Å². The van der Waals surface area contributed by atoms with Crippen LogP contribution in [-0.2, 0) is 4.79 Å². The standard InChI is InChI=1S/C16H15N3O2/c1-11-14(15(20)12-6-5-9-17-10-12)18-19(16(11)21)13-7-3-2-4-8-13/h2-11,14,18H,1H3. The molecule has 21 heavy (non-hydrogen) atoms. The van der Waals surface area contributed by atoms with Crippen LogP contribution < -0.4 is 10.4 Å². The molecular formula is C16H15N3O2. The lowest BCUT2D eigenvalue weighted by atomic mass is 9.96. The molecule has 5 nitrogen and oxygen atoms in total. The summed E-state index contributed by atoms with van der Waals surface area (Å²) in [6, 6.07) is 12.1.